The van der Waals surface area contributed by atoms with Crippen molar-refractivity contribution >= 4 is 88.5 Å². The van der Waals surface area contributed by atoms with Crippen LogP contribution in [-0.2, 0) is 9.47 Å². The molecule has 6 rings (SSSR count). The first kappa shape index (κ1) is 27.8. The summed E-state index contributed by atoms with van der Waals surface area (Å²) in [6, 6.07) is 14.5. The van der Waals surface area contributed by atoms with Crippen molar-refractivity contribution in [1.82, 2.24) is 19.1 Å². The normalized spacial score (nSPS) is 10.9. The van der Waals surface area contributed by atoms with Gasteiger partial charge in [-0.25, -0.2) is 19.6 Å². The average Bonchev–Trinajstić information content (AvgIpc) is 3.72. The highest BCUT2D eigenvalue weighted by Crippen LogP contribution is 2.35. The quantitative estimate of drug-likeness (QED) is 0.194. The Labute approximate surface area is 251 Å². The molecule has 0 fully saturated rings. The molecule has 0 aliphatic heterocycles. The highest BCUT2D eigenvalue weighted by atomic mass is 79.9. The number of carbonyl (C=O) groups is 2. The van der Waals surface area contributed by atoms with Crippen LogP contribution in [0, 0.1) is 0 Å². The summed E-state index contributed by atoms with van der Waals surface area (Å²) in [7, 11) is 2.57. The van der Waals surface area contributed by atoms with Gasteiger partial charge in [0, 0.05) is 21.1 Å². The number of hydrogen-bond donors (Lipinski definition) is 2. The van der Waals surface area contributed by atoms with Crippen LogP contribution in [0.2, 0.25) is 0 Å². The second-order valence-corrected chi connectivity index (χ2v) is 12.0. The van der Waals surface area contributed by atoms with Crippen LogP contribution in [0.4, 0.5) is 0 Å². The Morgan fingerprint density at radius 1 is 0.725 bits per heavy atom. The molecule has 14 heteroatoms. The smallest absolute Gasteiger partial charge is 0.351 e. The lowest BCUT2D eigenvalue weighted by Gasteiger charge is -2.00. The lowest BCUT2D eigenvalue weighted by Crippen LogP contribution is -1.97. The third kappa shape index (κ3) is 5.35. The van der Waals surface area contributed by atoms with Gasteiger partial charge in [-0.15, -0.1) is 22.7 Å². The summed E-state index contributed by atoms with van der Waals surface area (Å²) in [6.45, 7) is 0. The van der Waals surface area contributed by atoms with Crippen molar-refractivity contribution in [1.29, 1.82) is 0 Å². The Balaban J connectivity index is 0.000000161. The molecule has 0 radical (unpaired) electrons. The van der Waals surface area contributed by atoms with Gasteiger partial charge < -0.3 is 19.7 Å². The third-order valence-electron chi connectivity index (χ3n) is 5.63. The second kappa shape index (κ2) is 11.4. The molecule has 4 aromatic heterocycles. The number of methoxy groups -OCH3 is 2. The van der Waals surface area contributed by atoms with Crippen LogP contribution in [0.25, 0.3) is 32.1 Å². The van der Waals surface area contributed by atoms with Gasteiger partial charge in [0.2, 0.25) is 0 Å². The van der Waals surface area contributed by atoms with Gasteiger partial charge in [0.15, 0.2) is 9.75 Å². The van der Waals surface area contributed by atoms with E-state index in [4.69, 9.17) is 0 Å². The van der Waals surface area contributed by atoms with Crippen LogP contribution >= 0.6 is 54.5 Å². The molecule has 40 heavy (non-hydrogen) atoms. The zero-order valence-electron chi connectivity index (χ0n) is 20.7. The van der Waals surface area contributed by atoms with Crippen molar-refractivity contribution in [3.63, 3.8) is 0 Å². The number of rotatable bonds is 4. The largest absolute Gasteiger partial charge is 0.506 e. The molecule has 0 spiro atoms. The highest BCUT2D eigenvalue weighted by Gasteiger charge is 2.19. The minimum atomic E-state index is -0.552. The van der Waals surface area contributed by atoms with Gasteiger partial charge in [0.05, 0.1) is 36.3 Å². The van der Waals surface area contributed by atoms with Crippen LogP contribution in [-0.4, -0.2) is 55.5 Å². The first-order valence-corrected chi connectivity index (χ1v) is 14.5. The molecule has 204 valence electrons. The Kier molecular flexibility index (Phi) is 7.94. The number of benzene rings is 2. The van der Waals surface area contributed by atoms with Gasteiger partial charge in [-0.05, 0) is 36.4 Å². The number of ether oxygens (including phenoxy) is 2. The maximum Gasteiger partial charge on any atom is 0.351 e. The molecule has 4 heterocycles. The fourth-order valence-electron chi connectivity index (χ4n) is 3.77. The summed E-state index contributed by atoms with van der Waals surface area (Å²) in [5.41, 5.74) is 3.44. The fourth-order valence-corrected chi connectivity index (χ4v) is 6.38. The first-order chi connectivity index (χ1) is 19.2. The molecule has 0 unspecified atom stereocenters. The van der Waals surface area contributed by atoms with E-state index < -0.39 is 11.9 Å². The van der Waals surface area contributed by atoms with E-state index in [1.807, 2.05) is 45.5 Å². The summed E-state index contributed by atoms with van der Waals surface area (Å²) in [5, 5.41) is 21.0. The van der Waals surface area contributed by atoms with Gasteiger partial charge in [-0.3, -0.25) is 9.13 Å². The van der Waals surface area contributed by atoms with Gasteiger partial charge in [-0.2, -0.15) is 0 Å². The van der Waals surface area contributed by atoms with E-state index >= 15 is 0 Å². The Hall–Kier alpha value is -3.72. The summed E-state index contributed by atoms with van der Waals surface area (Å²) < 4.78 is 14.8. The second-order valence-electron chi connectivity index (χ2n) is 8.08. The molecule has 0 saturated heterocycles. The number of thiophene rings is 2. The molecule has 0 aliphatic carbocycles. The number of aromatic nitrogens is 4. The molecule has 2 aromatic carbocycles. The predicted octanol–water partition coefficient (Wildman–Crippen LogP) is 6.68. The van der Waals surface area contributed by atoms with E-state index in [1.165, 1.54) is 26.4 Å². The molecular weight excluding hydrogens is 688 g/mol. The molecular formula is C26H18Br2N4O6S2. The number of aromatic hydroxyl groups is 2. The van der Waals surface area contributed by atoms with E-state index in [2.05, 4.69) is 51.3 Å². The zero-order chi connectivity index (χ0) is 28.6. The maximum absolute atomic E-state index is 11.5. The van der Waals surface area contributed by atoms with E-state index in [9.17, 15) is 19.8 Å². The molecule has 10 nitrogen and oxygen atoms in total. The number of imidazole rings is 2. The molecule has 6 aromatic rings. The number of nitrogens with zero attached hydrogens (tertiary/aromatic N) is 4. The lowest BCUT2D eigenvalue weighted by molar-refractivity contribution is 0.0594. The topological polar surface area (TPSA) is 129 Å². The molecule has 0 aliphatic rings. The standard InChI is InChI=1S/2C13H9BrN2O3S/c1-19-13(18)12-10(17)5-11(20-12)16-6-15-8-4-7(14)2-3-9(8)16;1-19-13(18)12-10(17)5-11(20-12)16-6-15-8-3-2-7(14)4-9(8)16/h2*2-6,17H,1H3. The van der Waals surface area contributed by atoms with Crippen LogP contribution in [0.5, 0.6) is 11.5 Å². The number of carbonyl (C=O) groups excluding carboxylic acids is 2. The van der Waals surface area contributed by atoms with Crippen molar-refractivity contribution in [2.75, 3.05) is 14.2 Å². The Morgan fingerprint density at radius 2 is 1.23 bits per heavy atom. The van der Waals surface area contributed by atoms with Crippen LogP contribution < -0.4 is 0 Å². The predicted molar refractivity (Wildman–Crippen MR) is 159 cm³/mol. The van der Waals surface area contributed by atoms with Crippen molar-refractivity contribution < 1.29 is 29.3 Å². The van der Waals surface area contributed by atoms with Crippen molar-refractivity contribution in [3.05, 3.63) is 79.9 Å². The van der Waals surface area contributed by atoms with Crippen LogP contribution in [0.1, 0.15) is 19.3 Å². The Bertz CT molecular complexity index is 1890. The van der Waals surface area contributed by atoms with E-state index in [0.717, 1.165) is 53.7 Å². The molecule has 0 atom stereocenters. The van der Waals surface area contributed by atoms with Gasteiger partial charge in [0.25, 0.3) is 0 Å². The summed E-state index contributed by atoms with van der Waals surface area (Å²) in [5.74, 6) is -1.28. The summed E-state index contributed by atoms with van der Waals surface area (Å²) in [4.78, 5) is 32.0. The van der Waals surface area contributed by atoms with Crippen molar-refractivity contribution in [3.8, 4) is 21.5 Å². The Morgan fingerprint density at radius 3 is 1.80 bits per heavy atom. The maximum atomic E-state index is 11.5. The average molecular weight is 706 g/mol. The van der Waals surface area contributed by atoms with E-state index in [-0.39, 0.29) is 21.3 Å². The first-order valence-electron chi connectivity index (χ1n) is 11.3. The summed E-state index contributed by atoms with van der Waals surface area (Å²) >= 11 is 9.12. The monoisotopic (exact) mass is 704 g/mol. The van der Waals surface area contributed by atoms with Crippen LogP contribution in [0.3, 0.4) is 0 Å². The molecule has 2 N–H and O–H groups in total. The minimum Gasteiger partial charge on any atom is -0.506 e. The minimum absolute atomic E-state index is 0.0872. The third-order valence-corrected chi connectivity index (χ3v) is 8.83. The highest BCUT2D eigenvalue weighted by molar-refractivity contribution is 9.10. The number of halogens is 2. The lowest BCUT2D eigenvalue weighted by atomic mass is 10.3. The molecule has 0 bridgehead atoms. The number of esters is 2. The molecule has 0 amide bonds. The van der Waals surface area contributed by atoms with Crippen LogP contribution in [0.15, 0.2) is 70.1 Å². The SMILES string of the molecule is COC(=O)c1sc(-n2cnc3cc(Br)ccc32)cc1O.COC(=O)c1sc(-n2cnc3ccc(Br)cc32)cc1O. The van der Waals surface area contributed by atoms with E-state index in [1.54, 1.807) is 12.7 Å². The number of hydrogen-bond acceptors (Lipinski definition) is 10. The zero-order valence-corrected chi connectivity index (χ0v) is 25.5. The van der Waals surface area contributed by atoms with Gasteiger partial charge >= 0.3 is 11.9 Å². The van der Waals surface area contributed by atoms with E-state index in [0.29, 0.717) is 10.0 Å². The number of fused-ring (bicyclic) bond motifs is 2. The van der Waals surface area contributed by atoms with Crippen molar-refractivity contribution in [2.45, 2.75) is 0 Å². The summed E-state index contributed by atoms with van der Waals surface area (Å²) in [6.07, 6.45) is 3.31. The fraction of sp³-hybridized carbons (Fsp3) is 0.0769. The van der Waals surface area contributed by atoms with Crippen molar-refractivity contribution in [2.24, 2.45) is 0 Å². The van der Waals surface area contributed by atoms with Gasteiger partial charge in [-0.1, -0.05) is 31.9 Å². The van der Waals surface area contributed by atoms with Gasteiger partial charge in [0.1, 0.15) is 34.2 Å². The molecule has 0 saturated carbocycles.